The number of anilines is 1. The van der Waals surface area contributed by atoms with E-state index >= 15 is 0 Å². The normalized spacial score (nSPS) is 20.0. The first-order valence-electron chi connectivity index (χ1n) is 12.1. The van der Waals surface area contributed by atoms with Gasteiger partial charge in [0.1, 0.15) is 29.1 Å². The summed E-state index contributed by atoms with van der Waals surface area (Å²) in [6.45, 7) is 1.97. The molecule has 4 aromatic rings. The van der Waals surface area contributed by atoms with Crippen molar-refractivity contribution < 1.29 is 28.9 Å². The average molecular weight is 529 g/mol. The predicted molar refractivity (Wildman–Crippen MR) is 144 cm³/mol. The average Bonchev–Trinajstić information content (AvgIpc) is 3.60. The van der Waals surface area contributed by atoms with E-state index in [-0.39, 0.29) is 17.4 Å². The first kappa shape index (κ1) is 24.0. The van der Waals surface area contributed by atoms with Gasteiger partial charge in [-0.05, 0) is 66.6 Å². The van der Waals surface area contributed by atoms with Gasteiger partial charge < -0.3 is 19.3 Å². The van der Waals surface area contributed by atoms with Crippen molar-refractivity contribution in [3.05, 3.63) is 82.9 Å². The van der Waals surface area contributed by atoms with Gasteiger partial charge in [0.05, 0.1) is 36.1 Å². The van der Waals surface area contributed by atoms with E-state index in [0.29, 0.717) is 39.7 Å². The number of thiazole rings is 1. The molecule has 0 saturated carbocycles. The van der Waals surface area contributed by atoms with Crippen molar-refractivity contribution in [3.63, 3.8) is 0 Å². The van der Waals surface area contributed by atoms with Gasteiger partial charge in [0.2, 0.25) is 0 Å². The van der Waals surface area contributed by atoms with E-state index in [1.807, 2.05) is 19.1 Å². The molecule has 1 amide bonds. The Morgan fingerprint density at radius 1 is 1.03 bits per heavy atom. The summed E-state index contributed by atoms with van der Waals surface area (Å²) in [6, 6.07) is 16.9. The van der Waals surface area contributed by atoms with Crippen molar-refractivity contribution in [1.82, 2.24) is 4.98 Å². The van der Waals surface area contributed by atoms with Crippen LogP contribution in [0.15, 0.2) is 66.2 Å². The molecular formula is C29H24N2O6S. The van der Waals surface area contributed by atoms with Crippen LogP contribution >= 0.6 is 11.3 Å². The number of aliphatic hydroxyl groups excluding tert-OH is 1. The molecule has 2 aliphatic heterocycles. The second-order valence-electron chi connectivity index (χ2n) is 9.23. The summed E-state index contributed by atoms with van der Waals surface area (Å²) in [7, 11) is 3.14. The Morgan fingerprint density at radius 2 is 1.76 bits per heavy atom. The molecule has 38 heavy (non-hydrogen) atoms. The van der Waals surface area contributed by atoms with Crippen molar-refractivity contribution in [3.8, 4) is 17.2 Å². The van der Waals surface area contributed by atoms with Crippen LogP contribution in [0.4, 0.5) is 5.13 Å². The topological polar surface area (TPSA) is 98.2 Å². The van der Waals surface area contributed by atoms with E-state index in [1.54, 1.807) is 62.8 Å². The van der Waals surface area contributed by atoms with Crippen molar-refractivity contribution in [2.24, 2.45) is 0 Å². The highest BCUT2D eigenvalue weighted by Crippen LogP contribution is 2.45. The van der Waals surface area contributed by atoms with E-state index in [0.717, 1.165) is 16.0 Å². The van der Waals surface area contributed by atoms with Crippen LogP contribution in [0.25, 0.3) is 16.0 Å². The lowest BCUT2D eigenvalue weighted by molar-refractivity contribution is -0.132. The van der Waals surface area contributed by atoms with Crippen LogP contribution in [0.5, 0.6) is 17.2 Å². The van der Waals surface area contributed by atoms with Crippen LogP contribution in [0.3, 0.4) is 0 Å². The maximum Gasteiger partial charge on any atom is 0.301 e. The minimum atomic E-state index is -0.883. The molecule has 2 atom stereocenters. The van der Waals surface area contributed by atoms with Crippen molar-refractivity contribution in [2.45, 2.75) is 25.5 Å². The Bertz CT molecular complexity index is 1620. The van der Waals surface area contributed by atoms with Gasteiger partial charge in [0.15, 0.2) is 5.13 Å². The number of aliphatic hydroxyl groups is 1. The Balaban J connectivity index is 1.52. The smallest absolute Gasteiger partial charge is 0.301 e. The molecule has 8 nitrogen and oxygen atoms in total. The number of rotatable bonds is 5. The molecule has 3 heterocycles. The molecule has 1 aromatic heterocycles. The number of methoxy groups -OCH3 is 2. The highest BCUT2D eigenvalue weighted by Gasteiger charge is 2.48. The van der Waals surface area contributed by atoms with Crippen LogP contribution in [-0.4, -0.2) is 42.1 Å². The van der Waals surface area contributed by atoms with Gasteiger partial charge in [-0.25, -0.2) is 4.98 Å². The van der Waals surface area contributed by atoms with Gasteiger partial charge in [-0.2, -0.15) is 0 Å². The number of nitrogens with zero attached hydrogens (tertiary/aromatic N) is 2. The molecule has 3 aromatic carbocycles. The number of ketones is 1. The molecule has 192 valence electrons. The zero-order chi connectivity index (χ0) is 26.6. The Hall–Kier alpha value is -4.37. The molecule has 0 aliphatic carbocycles. The minimum absolute atomic E-state index is 0.00363. The summed E-state index contributed by atoms with van der Waals surface area (Å²) in [5, 5.41) is 11.8. The van der Waals surface area contributed by atoms with Gasteiger partial charge in [-0.15, -0.1) is 0 Å². The fourth-order valence-electron chi connectivity index (χ4n) is 4.98. The zero-order valence-electron chi connectivity index (χ0n) is 20.9. The van der Waals surface area contributed by atoms with Gasteiger partial charge in [-0.3, -0.25) is 14.5 Å². The first-order valence-corrected chi connectivity index (χ1v) is 12.9. The van der Waals surface area contributed by atoms with Crippen LogP contribution in [0, 0.1) is 0 Å². The molecule has 1 fully saturated rings. The molecule has 1 saturated heterocycles. The van der Waals surface area contributed by atoms with E-state index < -0.39 is 17.7 Å². The summed E-state index contributed by atoms with van der Waals surface area (Å²) in [4.78, 5) is 33.1. The molecule has 0 spiro atoms. The number of amides is 1. The summed E-state index contributed by atoms with van der Waals surface area (Å²) < 4.78 is 17.2. The van der Waals surface area contributed by atoms with Gasteiger partial charge in [0.25, 0.3) is 5.78 Å². The van der Waals surface area contributed by atoms with E-state index in [4.69, 9.17) is 14.2 Å². The number of carbonyl (C=O) groups excluding carboxylic acids is 2. The zero-order valence-corrected chi connectivity index (χ0v) is 21.7. The van der Waals surface area contributed by atoms with Gasteiger partial charge in [0, 0.05) is 12.0 Å². The molecule has 1 N–H and O–H groups in total. The number of hydrogen-bond donors (Lipinski definition) is 1. The summed E-state index contributed by atoms with van der Waals surface area (Å²) >= 11 is 1.28. The fourth-order valence-corrected chi connectivity index (χ4v) is 6.00. The second-order valence-corrected chi connectivity index (χ2v) is 10.2. The SMILES string of the molecule is COc1ccc([C@@H]2/C(=C(\O)c3ccc4c(c3)C[C@@H](C)O4)C(=O)C(=O)N2c2nc3ccc(OC)cc3s2)cc1. The fraction of sp³-hybridized carbons (Fsp3) is 0.207. The quantitative estimate of drug-likeness (QED) is 0.214. The minimum Gasteiger partial charge on any atom is -0.507 e. The third kappa shape index (κ3) is 3.86. The number of carbonyl (C=O) groups is 2. The lowest BCUT2D eigenvalue weighted by atomic mass is 9.94. The molecule has 9 heteroatoms. The number of aromatic nitrogens is 1. The lowest BCUT2D eigenvalue weighted by Gasteiger charge is -2.23. The number of hydrogen-bond acceptors (Lipinski definition) is 8. The maximum absolute atomic E-state index is 13.5. The first-order chi connectivity index (χ1) is 18.4. The van der Waals surface area contributed by atoms with Crippen LogP contribution in [0.1, 0.15) is 29.7 Å². The van der Waals surface area contributed by atoms with Crippen molar-refractivity contribution >= 4 is 44.1 Å². The lowest BCUT2D eigenvalue weighted by Crippen LogP contribution is -2.29. The Kier molecular flexibility index (Phi) is 5.80. The third-order valence-corrected chi connectivity index (χ3v) is 7.85. The highest BCUT2D eigenvalue weighted by molar-refractivity contribution is 7.22. The Morgan fingerprint density at radius 3 is 2.50 bits per heavy atom. The molecule has 0 bridgehead atoms. The van der Waals surface area contributed by atoms with Gasteiger partial charge in [-0.1, -0.05) is 23.5 Å². The molecule has 2 aliphatic rings. The van der Waals surface area contributed by atoms with E-state index in [2.05, 4.69) is 4.98 Å². The Labute approximate surface area is 222 Å². The summed E-state index contributed by atoms with van der Waals surface area (Å²) in [6.07, 6.45) is 0.729. The van der Waals surface area contributed by atoms with Crippen LogP contribution in [-0.2, 0) is 16.0 Å². The number of benzene rings is 3. The van der Waals surface area contributed by atoms with Crippen molar-refractivity contribution in [2.75, 3.05) is 19.1 Å². The standard InChI is InChI=1S/C29H24N2O6S/c1-15-12-18-13-17(6-11-22(18)37-15)26(32)24-25(16-4-7-19(35-2)8-5-16)31(28(34)27(24)33)29-30-21-10-9-20(36-3)14-23(21)38-29/h4-11,13-15,25,32H,12H2,1-3H3/b26-24+/t15-,25-/m1/s1. The number of fused-ring (bicyclic) bond motifs is 2. The van der Waals surface area contributed by atoms with E-state index in [9.17, 15) is 14.7 Å². The van der Waals surface area contributed by atoms with E-state index in [1.165, 1.54) is 16.2 Å². The summed E-state index contributed by atoms with van der Waals surface area (Å²) in [5.74, 6) is 0.284. The number of Topliss-reactive ketones (excluding diaryl/α,β-unsaturated/α-hetero) is 1. The molecular weight excluding hydrogens is 504 g/mol. The number of ether oxygens (including phenoxy) is 3. The highest BCUT2D eigenvalue weighted by atomic mass is 32.1. The van der Waals surface area contributed by atoms with Crippen molar-refractivity contribution in [1.29, 1.82) is 0 Å². The molecule has 6 rings (SSSR count). The van der Waals surface area contributed by atoms with Crippen LogP contribution in [0.2, 0.25) is 0 Å². The predicted octanol–water partition coefficient (Wildman–Crippen LogP) is 5.26. The molecule has 0 radical (unpaired) electrons. The summed E-state index contributed by atoms with van der Waals surface area (Å²) in [5.41, 5.74) is 2.71. The van der Waals surface area contributed by atoms with Gasteiger partial charge >= 0.3 is 5.91 Å². The molecule has 0 unspecified atom stereocenters. The largest absolute Gasteiger partial charge is 0.507 e. The monoisotopic (exact) mass is 528 g/mol. The van der Waals surface area contributed by atoms with Crippen LogP contribution < -0.4 is 19.1 Å². The second kappa shape index (κ2) is 9.18. The third-order valence-electron chi connectivity index (χ3n) is 6.84. The maximum atomic E-state index is 13.5.